The SMILES string of the molecule is CC(C)CCCNCc1ccc(Br)c2cccnc12. The number of rotatable bonds is 6. The molecule has 0 fully saturated rings. The first kappa shape index (κ1) is 14.5. The van der Waals surface area contributed by atoms with Crippen molar-refractivity contribution in [3.63, 3.8) is 0 Å². The molecular formula is C16H21BrN2. The van der Waals surface area contributed by atoms with Crippen molar-refractivity contribution < 1.29 is 0 Å². The largest absolute Gasteiger partial charge is 0.313 e. The predicted molar refractivity (Wildman–Crippen MR) is 85.2 cm³/mol. The molecule has 102 valence electrons. The number of fused-ring (bicyclic) bond motifs is 1. The van der Waals surface area contributed by atoms with Crippen molar-refractivity contribution in [3.05, 3.63) is 40.5 Å². The van der Waals surface area contributed by atoms with E-state index in [-0.39, 0.29) is 0 Å². The first-order valence-corrected chi connectivity index (χ1v) is 7.70. The molecule has 0 amide bonds. The van der Waals surface area contributed by atoms with Crippen molar-refractivity contribution in [2.75, 3.05) is 6.54 Å². The second-order valence-electron chi connectivity index (χ2n) is 5.32. The van der Waals surface area contributed by atoms with Crippen molar-refractivity contribution in [1.29, 1.82) is 0 Å². The van der Waals surface area contributed by atoms with Crippen LogP contribution in [0.3, 0.4) is 0 Å². The molecule has 0 radical (unpaired) electrons. The van der Waals surface area contributed by atoms with Crippen LogP contribution in [-0.2, 0) is 6.54 Å². The minimum Gasteiger partial charge on any atom is -0.313 e. The number of halogens is 1. The van der Waals surface area contributed by atoms with Crippen LogP contribution in [0.1, 0.15) is 32.3 Å². The van der Waals surface area contributed by atoms with E-state index in [1.54, 1.807) is 0 Å². The van der Waals surface area contributed by atoms with Crippen molar-refractivity contribution >= 4 is 26.8 Å². The highest BCUT2D eigenvalue weighted by atomic mass is 79.9. The maximum Gasteiger partial charge on any atom is 0.0758 e. The number of hydrogen-bond acceptors (Lipinski definition) is 2. The number of hydrogen-bond donors (Lipinski definition) is 1. The third kappa shape index (κ3) is 4.02. The van der Waals surface area contributed by atoms with E-state index in [9.17, 15) is 0 Å². The molecule has 0 aliphatic heterocycles. The van der Waals surface area contributed by atoms with Crippen molar-refractivity contribution in [2.45, 2.75) is 33.2 Å². The second kappa shape index (κ2) is 7.01. The zero-order valence-corrected chi connectivity index (χ0v) is 13.2. The highest BCUT2D eigenvalue weighted by Crippen LogP contribution is 2.25. The molecule has 0 aliphatic carbocycles. The van der Waals surface area contributed by atoms with E-state index in [0.29, 0.717) is 0 Å². The Kier molecular flexibility index (Phi) is 5.34. The number of pyridine rings is 1. The smallest absolute Gasteiger partial charge is 0.0758 e. The van der Waals surface area contributed by atoms with Crippen LogP contribution >= 0.6 is 15.9 Å². The highest BCUT2D eigenvalue weighted by molar-refractivity contribution is 9.10. The van der Waals surface area contributed by atoms with Gasteiger partial charge in [-0.25, -0.2) is 0 Å². The Bertz CT molecular complexity index is 537. The van der Waals surface area contributed by atoms with Gasteiger partial charge >= 0.3 is 0 Å². The molecule has 1 aromatic heterocycles. The van der Waals surface area contributed by atoms with Gasteiger partial charge in [0, 0.05) is 22.6 Å². The fourth-order valence-electron chi connectivity index (χ4n) is 2.20. The molecule has 1 aromatic carbocycles. The summed E-state index contributed by atoms with van der Waals surface area (Å²) in [6.45, 7) is 6.50. The van der Waals surface area contributed by atoms with E-state index in [4.69, 9.17) is 0 Å². The summed E-state index contributed by atoms with van der Waals surface area (Å²) in [4.78, 5) is 4.50. The van der Waals surface area contributed by atoms with E-state index >= 15 is 0 Å². The molecule has 0 saturated carbocycles. The fourth-order valence-corrected chi connectivity index (χ4v) is 2.65. The minimum absolute atomic E-state index is 0.789. The van der Waals surface area contributed by atoms with Gasteiger partial charge in [0.1, 0.15) is 0 Å². The van der Waals surface area contributed by atoms with Gasteiger partial charge in [0.05, 0.1) is 5.52 Å². The second-order valence-corrected chi connectivity index (χ2v) is 6.17. The molecular weight excluding hydrogens is 300 g/mol. The minimum atomic E-state index is 0.789. The van der Waals surface area contributed by atoms with Crippen LogP contribution in [0, 0.1) is 5.92 Å². The molecule has 3 heteroatoms. The van der Waals surface area contributed by atoms with Crippen LogP contribution in [0.5, 0.6) is 0 Å². The van der Waals surface area contributed by atoms with Crippen LogP contribution < -0.4 is 5.32 Å². The van der Waals surface area contributed by atoms with Gasteiger partial charge in [0.15, 0.2) is 0 Å². The number of nitrogens with zero attached hydrogens (tertiary/aromatic N) is 1. The maximum absolute atomic E-state index is 4.50. The van der Waals surface area contributed by atoms with Crippen molar-refractivity contribution in [3.8, 4) is 0 Å². The van der Waals surface area contributed by atoms with Gasteiger partial charge in [-0.15, -0.1) is 0 Å². The van der Waals surface area contributed by atoms with Crippen molar-refractivity contribution in [1.82, 2.24) is 10.3 Å². The number of nitrogens with one attached hydrogen (secondary N) is 1. The van der Waals surface area contributed by atoms with E-state index in [1.807, 2.05) is 12.3 Å². The predicted octanol–water partition coefficient (Wildman–Crippen LogP) is 4.52. The van der Waals surface area contributed by atoms with Gasteiger partial charge in [-0.1, -0.05) is 41.9 Å². The first-order valence-electron chi connectivity index (χ1n) is 6.91. The lowest BCUT2D eigenvalue weighted by Crippen LogP contribution is -2.15. The van der Waals surface area contributed by atoms with E-state index < -0.39 is 0 Å². The fraction of sp³-hybridized carbons (Fsp3) is 0.438. The molecule has 0 saturated heterocycles. The number of benzene rings is 1. The van der Waals surface area contributed by atoms with Crippen LogP contribution in [-0.4, -0.2) is 11.5 Å². The quantitative estimate of drug-likeness (QED) is 0.791. The normalized spacial score (nSPS) is 11.4. The van der Waals surface area contributed by atoms with Crippen LogP contribution in [0.2, 0.25) is 0 Å². The standard InChI is InChI=1S/C16H21BrN2/c1-12(2)5-3-9-18-11-13-7-8-15(17)14-6-4-10-19-16(13)14/h4,6-8,10,12,18H,3,5,9,11H2,1-2H3. The third-order valence-corrected chi connectivity index (χ3v) is 3.94. The zero-order valence-electron chi connectivity index (χ0n) is 11.6. The first-order chi connectivity index (χ1) is 9.18. The molecule has 0 aliphatic rings. The number of aromatic nitrogens is 1. The average Bonchev–Trinajstić information content (AvgIpc) is 2.41. The lowest BCUT2D eigenvalue weighted by molar-refractivity contribution is 0.528. The molecule has 2 rings (SSSR count). The Labute approximate surface area is 123 Å². The van der Waals surface area contributed by atoms with Crippen LogP contribution in [0.4, 0.5) is 0 Å². The molecule has 1 heterocycles. The molecule has 0 bridgehead atoms. The van der Waals surface area contributed by atoms with Gasteiger partial charge in [0.25, 0.3) is 0 Å². The molecule has 1 N–H and O–H groups in total. The summed E-state index contributed by atoms with van der Waals surface area (Å²) in [5.74, 6) is 0.789. The van der Waals surface area contributed by atoms with Gasteiger partial charge in [0.2, 0.25) is 0 Å². The maximum atomic E-state index is 4.50. The van der Waals surface area contributed by atoms with Gasteiger partial charge in [-0.2, -0.15) is 0 Å². The summed E-state index contributed by atoms with van der Waals surface area (Å²) in [5, 5.41) is 4.70. The molecule has 0 spiro atoms. The van der Waals surface area contributed by atoms with Crippen LogP contribution in [0.15, 0.2) is 34.9 Å². The Morgan fingerprint density at radius 2 is 2.11 bits per heavy atom. The lowest BCUT2D eigenvalue weighted by Gasteiger charge is -2.09. The van der Waals surface area contributed by atoms with Gasteiger partial charge < -0.3 is 5.32 Å². The lowest BCUT2D eigenvalue weighted by atomic mass is 10.1. The molecule has 0 unspecified atom stereocenters. The van der Waals surface area contributed by atoms with Crippen LogP contribution in [0.25, 0.3) is 10.9 Å². The van der Waals surface area contributed by atoms with Gasteiger partial charge in [-0.3, -0.25) is 4.98 Å². The summed E-state index contributed by atoms with van der Waals surface area (Å²) in [7, 11) is 0. The Morgan fingerprint density at radius 3 is 2.89 bits per heavy atom. The Hall–Kier alpha value is -0.930. The summed E-state index contributed by atoms with van der Waals surface area (Å²) in [6, 6.07) is 8.34. The third-order valence-electron chi connectivity index (χ3n) is 3.25. The van der Waals surface area contributed by atoms with Gasteiger partial charge in [-0.05, 0) is 43.0 Å². The van der Waals surface area contributed by atoms with E-state index in [2.05, 4.69) is 58.3 Å². The molecule has 2 nitrogen and oxygen atoms in total. The average molecular weight is 321 g/mol. The summed E-state index contributed by atoms with van der Waals surface area (Å²) < 4.78 is 1.11. The van der Waals surface area contributed by atoms with E-state index in [0.717, 1.165) is 29.0 Å². The van der Waals surface area contributed by atoms with E-state index in [1.165, 1.54) is 23.8 Å². The Balaban J connectivity index is 1.99. The summed E-state index contributed by atoms with van der Waals surface area (Å²) in [5.41, 5.74) is 2.36. The molecule has 0 atom stereocenters. The summed E-state index contributed by atoms with van der Waals surface area (Å²) >= 11 is 3.58. The molecule has 19 heavy (non-hydrogen) atoms. The Morgan fingerprint density at radius 1 is 1.26 bits per heavy atom. The zero-order chi connectivity index (χ0) is 13.7. The highest BCUT2D eigenvalue weighted by Gasteiger charge is 2.04. The molecule has 2 aromatic rings. The monoisotopic (exact) mass is 320 g/mol. The topological polar surface area (TPSA) is 24.9 Å². The summed E-state index contributed by atoms with van der Waals surface area (Å²) in [6.07, 6.45) is 4.38. The van der Waals surface area contributed by atoms with Crippen molar-refractivity contribution in [2.24, 2.45) is 5.92 Å².